The van der Waals surface area contributed by atoms with Crippen molar-refractivity contribution in [2.75, 3.05) is 33.4 Å². The van der Waals surface area contributed by atoms with Crippen LogP contribution in [0.3, 0.4) is 0 Å². The topological polar surface area (TPSA) is 54.6 Å². The molecule has 5 nitrogen and oxygen atoms in total. The van der Waals surface area contributed by atoms with E-state index in [2.05, 4.69) is 9.88 Å². The van der Waals surface area contributed by atoms with Gasteiger partial charge in [0.05, 0.1) is 24.8 Å². The Morgan fingerprint density at radius 2 is 2.13 bits per heavy atom. The van der Waals surface area contributed by atoms with Crippen molar-refractivity contribution in [3.63, 3.8) is 0 Å². The molecule has 1 aromatic heterocycles. The van der Waals surface area contributed by atoms with Crippen LogP contribution in [0.25, 0.3) is 10.9 Å². The van der Waals surface area contributed by atoms with Gasteiger partial charge in [0.1, 0.15) is 5.75 Å². The molecule has 2 saturated heterocycles. The van der Waals surface area contributed by atoms with Crippen LogP contribution in [-0.2, 0) is 4.74 Å². The molecule has 3 heterocycles. The Kier molecular flexibility index (Phi) is 3.34. The van der Waals surface area contributed by atoms with E-state index in [4.69, 9.17) is 9.47 Å². The van der Waals surface area contributed by atoms with Crippen molar-refractivity contribution in [3.8, 4) is 5.75 Å². The van der Waals surface area contributed by atoms with Crippen molar-refractivity contribution in [2.45, 2.75) is 19.8 Å². The van der Waals surface area contributed by atoms with Crippen molar-refractivity contribution in [3.05, 3.63) is 29.5 Å². The van der Waals surface area contributed by atoms with E-state index in [1.165, 1.54) is 0 Å². The van der Waals surface area contributed by atoms with E-state index in [1.807, 2.05) is 19.1 Å². The van der Waals surface area contributed by atoms with Gasteiger partial charge in [0, 0.05) is 29.6 Å². The number of nitrogens with zero attached hydrogens (tertiary/aromatic N) is 1. The Labute approximate surface area is 135 Å². The Morgan fingerprint density at radius 3 is 2.78 bits per heavy atom. The van der Waals surface area contributed by atoms with Crippen molar-refractivity contribution in [1.29, 1.82) is 0 Å². The first kappa shape index (κ1) is 14.6. The summed E-state index contributed by atoms with van der Waals surface area (Å²) in [4.78, 5) is 18.2. The van der Waals surface area contributed by atoms with Gasteiger partial charge in [-0.3, -0.25) is 0 Å². The average molecular weight is 314 g/mol. The molecule has 0 atom stereocenters. The number of aromatic amines is 1. The number of piperidine rings is 1. The van der Waals surface area contributed by atoms with E-state index in [1.54, 1.807) is 13.3 Å². The fourth-order valence-corrected chi connectivity index (χ4v) is 4.03. The molecule has 23 heavy (non-hydrogen) atoms. The minimum atomic E-state index is -0.232. The second-order valence-electron chi connectivity index (χ2n) is 6.92. The number of nitrogens with one attached hydrogen (secondary N) is 1. The Balaban J connectivity index is 1.55. The summed E-state index contributed by atoms with van der Waals surface area (Å²) in [5.74, 6) is 0.553. The van der Waals surface area contributed by atoms with Crippen LogP contribution in [0.2, 0.25) is 0 Å². The first-order chi connectivity index (χ1) is 11.1. The number of aromatic nitrogens is 1. The molecule has 2 aromatic rings. The summed E-state index contributed by atoms with van der Waals surface area (Å²) in [6.45, 7) is 5.88. The van der Waals surface area contributed by atoms with Gasteiger partial charge in [-0.1, -0.05) is 0 Å². The maximum absolute atomic E-state index is 12.6. The number of H-pyrrole nitrogens is 1. The zero-order valence-electron chi connectivity index (χ0n) is 13.6. The minimum Gasteiger partial charge on any atom is -0.497 e. The Morgan fingerprint density at radius 1 is 1.35 bits per heavy atom. The summed E-state index contributed by atoms with van der Waals surface area (Å²) in [6.07, 6.45) is 4.03. The number of esters is 1. The summed E-state index contributed by atoms with van der Waals surface area (Å²) in [7, 11) is 1.64. The lowest BCUT2D eigenvalue weighted by Crippen LogP contribution is -2.27. The molecule has 5 heteroatoms. The number of aryl methyl sites for hydroxylation is 1. The second-order valence-corrected chi connectivity index (χ2v) is 6.92. The van der Waals surface area contributed by atoms with Gasteiger partial charge in [-0.2, -0.15) is 0 Å². The summed E-state index contributed by atoms with van der Waals surface area (Å²) >= 11 is 0. The Hall–Kier alpha value is -2.01. The number of hydrogen-bond acceptors (Lipinski definition) is 4. The fourth-order valence-electron chi connectivity index (χ4n) is 4.03. The standard InChI is InChI=1S/C18H22N2O3/c1-12-7-13(22-2)8-15-16(12)14(9-19-15)17(21)23-11-18-3-5-20(10-18)6-4-18/h7-9,19H,3-6,10-11H2,1-2H3. The predicted molar refractivity (Wildman–Crippen MR) is 88.0 cm³/mol. The molecule has 2 bridgehead atoms. The van der Waals surface area contributed by atoms with E-state index in [0.717, 1.165) is 54.7 Å². The fraction of sp³-hybridized carbons (Fsp3) is 0.500. The molecule has 0 aliphatic carbocycles. The summed E-state index contributed by atoms with van der Waals surface area (Å²) < 4.78 is 11.0. The molecular formula is C18H22N2O3. The molecule has 2 fully saturated rings. The second kappa shape index (κ2) is 5.27. The van der Waals surface area contributed by atoms with Gasteiger partial charge in [-0.15, -0.1) is 0 Å². The van der Waals surface area contributed by atoms with Crippen LogP contribution >= 0.6 is 0 Å². The van der Waals surface area contributed by atoms with Crippen LogP contribution in [0.4, 0.5) is 0 Å². The monoisotopic (exact) mass is 314 g/mol. The van der Waals surface area contributed by atoms with E-state index in [-0.39, 0.29) is 11.4 Å². The summed E-state index contributed by atoms with van der Waals surface area (Å²) in [5, 5.41) is 0.924. The predicted octanol–water partition coefficient (Wildman–Crippen LogP) is 2.74. The molecule has 2 aliphatic heterocycles. The van der Waals surface area contributed by atoms with E-state index < -0.39 is 0 Å². The molecular weight excluding hydrogens is 292 g/mol. The van der Waals surface area contributed by atoms with Crippen molar-refractivity contribution in [1.82, 2.24) is 9.88 Å². The highest BCUT2D eigenvalue weighted by Crippen LogP contribution is 2.40. The van der Waals surface area contributed by atoms with Gasteiger partial charge < -0.3 is 19.4 Å². The zero-order valence-corrected chi connectivity index (χ0v) is 13.6. The molecule has 1 aromatic carbocycles. The van der Waals surface area contributed by atoms with Gasteiger partial charge in [0.25, 0.3) is 0 Å². The first-order valence-electron chi connectivity index (χ1n) is 8.15. The van der Waals surface area contributed by atoms with Gasteiger partial charge in [0.15, 0.2) is 0 Å². The molecule has 0 amide bonds. The van der Waals surface area contributed by atoms with Crippen molar-refractivity contribution >= 4 is 16.9 Å². The van der Waals surface area contributed by atoms with Gasteiger partial charge >= 0.3 is 5.97 Å². The number of carbonyl (C=O) groups excluding carboxylic acids is 1. The zero-order chi connectivity index (χ0) is 16.0. The molecule has 0 spiro atoms. The number of benzene rings is 1. The van der Waals surface area contributed by atoms with Crippen LogP contribution in [0.15, 0.2) is 18.3 Å². The molecule has 0 unspecified atom stereocenters. The highest BCUT2D eigenvalue weighted by molar-refractivity contribution is 6.05. The normalized spacial score (nSPS) is 25.9. The largest absolute Gasteiger partial charge is 0.497 e. The van der Waals surface area contributed by atoms with Crippen LogP contribution in [0.5, 0.6) is 5.75 Å². The van der Waals surface area contributed by atoms with Gasteiger partial charge in [-0.05, 0) is 44.5 Å². The lowest BCUT2D eigenvalue weighted by Gasteiger charge is -2.24. The third-order valence-electron chi connectivity index (χ3n) is 5.39. The number of methoxy groups -OCH3 is 1. The highest BCUT2D eigenvalue weighted by atomic mass is 16.5. The van der Waals surface area contributed by atoms with Crippen molar-refractivity contribution < 1.29 is 14.3 Å². The lowest BCUT2D eigenvalue weighted by atomic mass is 9.86. The van der Waals surface area contributed by atoms with Gasteiger partial charge in [-0.25, -0.2) is 4.79 Å². The first-order valence-corrected chi connectivity index (χ1v) is 8.15. The molecule has 122 valence electrons. The van der Waals surface area contributed by atoms with Crippen molar-refractivity contribution in [2.24, 2.45) is 5.41 Å². The Bertz CT molecular complexity index is 757. The molecule has 1 N–H and O–H groups in total. The van der Waals surface area contributed by atoms with E-state index >= 15 is 0 Å². The molecule has 2 aliphatic rings. The van der Waals surface area contributed by atoms with Crippen LogP contribution < -0.4 is 4.74 Å². The average Bonchev–Trinajstić information content (AvgIpc) is 3.26. The molecule has 0 radical (unpaired) electrons. The van der Waals surface area contributed by atoms with Crippen LogP contribution in [0, 0.1) is 12.3 Å². The third-order valence-corrected chi connectivity index (χ3v) is 5.39. The highest BCUT2D eigenvalue weighted by Gasteiger charge is 2.44. The summed E-state index contributed by atoms with van der Waals surface area (Å²) in [6, 6.07) is 3.85. The van der Waals surface area contributed by atoms with E-state index in [0.29, 0.717) is 12.2 Å². The SMILES string of the molecule is COc1cc(C)c2c(C(=O)OCC34CCN(CC3)C4)c[nH]c2c1. The van der Waals surface area contributed by atoms with Crippen LogP contribution in [-0.4, -0.2) is 49.2 Å². The minimum absolute atomic E-state index is 0.194. The number of carbonyl (C=O) groups is 1. The molecule has 0 saturated carbocycles. The smallest absolute Gasteiger partial charge is 0.340 e. The summed E-state index contributed by atoms with van der Waals surface area (Å²) in [5.41, 5.74) is 2.72. The molecule has 4 rings (SSSR count). The lowest BCUT2D eigenvalue weighted by molar-refractivity contribution is 0.0326. The quantitative estimate of drug-likeness (QED) is 0.882. The third kappa shape index (κ3) is 2.39. The maximum Gasteiger partial charge on any atom is 0.340 e. The van der Waals surface area contributed by atoms with E-state index in [9.17, 15) is 4.79 Å². The van der Waals surface area contributed by atoms with Gasteiger partial charge in [0.2, 0.25) is 0 Å². The maximum atomic E-state index is 12.6. The number of hydrogen-bond donors (Lipinski definition) is 1. The number of ether oxygens (including phenoxy) is 2. The van der Waals surface area contributed by atoms with Crippen LogP contribution in [0.1, 0.15) is 28.8 Å². The number of fused-ring (bicyclic) bond motifs is 3. The number of rotatable bonds is 4.